The Labute approximate surface area is 81.0 Å². The first kappa shape index (κ1) is 8.26. The van der Waals surface area contributed by atoms with Gasteiger partial charge in [-0.3, -0.25) is 4.68 Å². The maximum Gasteiger partial charge on any atom is 0.129 e. The summed E-state index contributed by atoms with van der Waals surface area (Å²) in [7, 11) is 0. The Balaban J connectivity index is 2.19. The predicted molar refractivity (Wildman–Crippen MR) is 50.6 cm³/mol. The first-order valence-electron chi connectivity index (χ1n) is 3.92. The highest BCUT2D eigenvalue weighted by atomic mass is 35.5. The lowest BCUT2D eigenvalue weighted by Crippen LogP contribution is -1.99. The van der Waals surface area contributed by atoms with Crippen molar-refractivity contribution < 1.29 is 0 Å². The first-order valence-corrected chi connectivity index (χ1v) is 4.30. The molecule has 2 aromatic rings. The third-order valence-corrected chi connectivity index (χ3v) is 1.90. The maximum absolute atomic E-state index is 5.74. The fourth-order valence-corrected chi connectivity index (χ4v) is 1.32. The van der Waals surface area contributed by atoms with Gasteiger partial charge in [-0.25, -0.2) is 4.98 Å². The Kier molecular flexibility index (Phi) is 2.27. The summed E-state index contributed by atoms with van der Waals surface area (Å²) in [6.45, 7) is 0.731. The van der Waals surface area contributed by atoms with Gasteiger partial charge >= 0.3 is 0 Å². The van der Waals surface area contributed by atoms with Crippen molar-refractivity contribution in [3.63, 3.8) is 0 Å². The lowest BCUT2D eigenvalue weighted by Gasteiger charge is -2.00. The third-order valence-electron chi connectivity index (χ3n) is 1.69. The van der Waals surface area contributed by atoms with Gasteiger partial charge in [0.15, 0.2) is 0 Å². The van der Waals surface area contributed by atoms with Crippen LogP contribution in [0.3, 0.4) is 0 Å². The van der Waals surface area contributed by atoms with Gasteiger partial charge in [0, 0.05) is 18.6 Å². The molecule has 0 radical (unpaired) electrons. The van der Waals surface area contributed by atoms with Crippen LogP contribution in [-0.4, -0.2) is 14.8 Å². The molecule has 0 aliphatic carbocycles. The quantitative estimate of drug-likeness (QED) is 0.683. The molecular weight excluding hydrogens is 186 g/mol. The van der Waals surface area contributed by atoms with Gasteiger partial charge in [-0.2, -0.15) is 5.10 Å². The van der Waals surface area contributed by atoms with E-state index in [9.17, 15) is 0 Å². The van der Waals surface area contributed by atoms with Crippen molar-refractivity contribution in [2.24, 2.45) is 0 Å². The highest BCUT2D eigenvalue weighted by Gasteiger charge is 1.95. The van der Waals surface area contributed by atoms with E-state index in [-0.39, 0.29) is 0 Å². The highest BCUT2D eigenvalue weighted by Crippen LogP contribution is 2.07. The zero-order valence-corrected chi connectivity index (χ0v) is 7.65. The summed E-state index contributed by atoms with van der Waals surface area (Å²) >= 11 is 5.74. The Hall–Kier alpha value is -1.35. The summed E-state index contributed by atoms with van der Waals surface area (Å²) in [4.78, 5) is 3.90. The monoisotopic (exact) mass is 193 g/mol. The van der Waals surface area contributed by atoms with Crippen LogP contribution >= 0.6 is 11.6 Å². The van der Waals surface area contributed by atoms with Crippen molar-refractivity contribution in [1.29, 1.82) is 0 Å². The van der Waals surface area contributed by atoms with E-state index in [2.05, 4.69) is 10.1 Å². The molecule has 0 bridgehead atoms. The molecule has 2 rings (SSSR count). The smallest absolute Gasteiger partial charge is 0.129 e. The molecule has 0 unspecified atom stereocenters. The van der Waals surface area contributed by atoms with Gasteiger partial charge in [0.2, 0.25) is 0 Å². The van der Waals surface area contributed by atoms with Gasteiger partial charge in [-0.1, -0.05) is 11.6 Å². The Morgan fingerprint density at radius 1 is 1.38 bits per heavy atom. The second-order valence-electron chi connectivity index (χ2n) is 2.69. The first-order chi connectivity index (χ1) is 6.34. The SMILES string of the molecule is Clc1cc(Cn2cccn2)ccn1. The normalized spacial score (nSPS) is 10.2. The fourth-order valence-electron chi connectivity index (χ4n) is 1.12. The summed E-state index contributed by atoms with van der Waals surface area (Å²) in [5, 5.41) is 4.61. The standard InChI is InChI=1S/C9H8ClN3/c10-9-6-8(2-4-11-9)7-13-5-1-3-12-13/h1-6H,7H2. The molecule has 0 aliphatic rings. The number of aromatic nitrogens is 3. The van der Waals surface area contributed by atoms with Crippen LogP contribution in [0, 0.1) is 0 Å². The summed E-state index contributed by atoms with van der Waals surface area (Å²) < 4.78 is 1.84. The van der Waals surface area contributed by atoms with Gasteiger partial charge in [-0.15, -0.1) is 0 Å². The van der Waals surface area contributed by atoms with E-state index < -0.39 is 0 Å². The minimum atomic E-state index is 0.518. The third kappa shape index (κ3) is 2.06. The summed E-state index contributed by atoms with van der Waals surface area (Å²) in [5.41, 5.74) is 1.10. The number of hydrogen-bond acceptors (Lipinski definition) is 2. The average molecular weight is 194 g/mol. The Bertz CT molecular complexity index is 384. The molecule has 0 fully saturated rings. The molecule has 0 aromatic carbocycles. The van der Waals surface area contributed by atoms with E-state index in [1.54, 1.807) is 12.4 Å². The lowest BCUT2D eigenvalue weighted by molar-refractivity contribution is 0.686. The van der Waals surface area contributed by atoms with E-state index in [4.69, 9.17) is 11.6 Å². The summed E-state index contributed by atoms with van der Waals surface area (Å²) in [6, 6.07) is 5.65. The summed E-state index contributed by atoms with van der Waals surface area (Å²) in [5.74, 6) is 0. The molecule has 0 saturated carbocycles. The van der Waals surface area contributed by atoms with Crippen LogP contribution < -0.4 is 0 Å². The predicted octanol–water partition coefficient (Wildman–Crippen LogP) is 1.98. The molecule has 0 saturated heterocycles. The second-order valence-corrected chi connectivity index (χ2v) is 3.08. The van der Waals surface area contributed by atoms with Gasteiger partial charge in [0.25, 0.3) is 0 Å². The van der Waals surface area contributed by atoms with Crippen LogP contribution in [0.15, 0.2) is 36.8 Å². The zero-order chi connectivity index (χ0) is 9.10. The van der Waals surface area contributed by atoms with Crippen molar-refractivity contribution >= 4 is 11.6 Å². The minimum Gasteiger partial charge on any atom is -0.268 e. The molecule has 3 nitrogen and oxygen atoms in total. The van der Waals surface area contributed by atoms with Crippen LogP contribution in [0.2, 0.25) is 5.15 Å². The second kappa shape index (κ2) is 3.58. The molecule has 2 aromatic heterocycles. The molecule has 13 heavy (non-hydrogen) atoms. The van der Waals surface area contributed by atoms with Crippen LogP contribution in [0.25, 0.3) is 0 Å². The molecule has 4 heteroatoms. The van der Waals surface area contributed by atoms with Crippen LogP contribution in [0.1, 0.15) is 5.56 Å². The topological polar surface area (TPSA) is 30.7 Å². The fraction of sp³-hybridized carbons (Fsp3) is 0.111. The number of rotatable bonds is 2. The molecule has 0 spiro atoms. The lowest BCUT2D eigenvalue weighted by atomic mass is 10.3. The average Bonchev–Trinajstić information content (AvgIpc) is 2.57. The summed E-state index contributed by atoms with van der Waals surface area (Å²) in [6.07, 6.45) is 5.36. The molecular formula is C9H8ClN3. The largest absolute Gasteiger partial charge is 0.268 e. The number of halogens is 1. The zero-order valence-electron chi connectivity index (χ0n) is 6.89. The molecule has 0 amide bonds. The maximum atomic E-state index is 5.74. The van der Waals surface area contributed by atoms with Gasteiger partial charge in [-0.05, 0) is 23.8 Å². The van der Waals surface area contributed by atoms with E-state index >= 15 is 0 Å². The Morgan fingerprint density at radius 2 is 2.31 bits per heavy atom. The van der Waals surface area contributed by atoms with E-state index in [0.29, 0.717) is 5.15 Å². The number of nitrogens with zero attached hydrogens (tertiary/aromatic N) is 3. The van der Waals surface area contributed by atoms with Crippen molar-refractivity contribution in [3.8, 4) is 0 Å². The number of pyridine rings is 1. The highest BCUT2D eigenvalue weighted by molar-refractivity contribution is 6.29. The minimum absolute atomic E-state index is 0.518. The Morgan fingerprint density at radius 3 is 3.00 bits per heavy atom. The molecule has 0 N–H and O–H groups in total. The van der Waals surface area contributed by atoms with Crippen molar-refractivity contribution in [1.82, 2.24) is 14.8 Å². The van der Waals surface area contributed by atoms with Crippen LogP contribution in [-0.2, 0) is 6.54 Å². The van der Waals surface area contributed by atoms with Crippen LogP contribution in [0.4, 0.5) is 0 Å². The van der Waals surface area contributed by atoms with E-state index in [1.165, 1.54) is 0 Å². The van der Waals surface area contributed by atoms with Crippen molar-refractivity contribution in [3.05, 3.63) is 47.5 Å². The molecule has 66 valence electrons. The van der Waals surface area contributed by atoms with Crippen LogP contribution in [0.5, 0.6) is 0 Å². The van der Waals surface area contributed by atoms with Gasteiger partial charge in [0.05, 0.1) is 6.54 Å². The molecule has 0 atom stereocenters. The van der Waals surface area contributed by atoms with Crippen molar-refractivity contribution in [2.75, 3.05) is 0 Å². The van der Waals surface area contributed by atoms with E-state index in [1.807, 2.05) is 29.1 Å². The van der Waals surface area contributed by atoms with Crippen molar-refractivity contribution in [2.45, 2.75) is 6.54 Å². The van der Waals surface area contributed by atoms with Gasteiger partial charge < -0.3 is 0 Å². The van der Waals surface area contributed by atoms with E-state index in [0.717, 1.165) is 12.1 Å². The number of hydrogen-bond donors (Lipinski definition) is 0. The molecule has 2 heterocycles. The molecule has 0 aliphatic heterocycles. The van der Waals surface area contributed by atoms with Gasteiger partial charge in [0.1, 0.15) is 5.15 Å².